The zero-order chi connectivity index (χ0) is 14.2. The Bertz CT molecular complexity index is 529. The monoisotopic (exact) mass is 261 g/mol. The van der Waals surface area contributed by atoms with E-state index >= 15 is 0 Å². The Morgan fingerprint density at radius 1 is 1.11 bits per heavy atom. The van der Waals surface area contributed by atoms with Crippen LogP contribution in [0.5, 0.6) is 0 Å². The number of amides is 2. The van der Waals surface area contributed by atoms with Crippen molar-refractivity contribution in [2.75, 3.05) is 4.90 Å². The van der Waals surface area contributed by atoms with Crippen molar-refractivity contribution >= 4 is 23.5 Å². The summed E-state index contributed by atoms with van der Waals surface area (Å²) in [5, 5.41) is 9.14. The number of carbonyl (C=O) groups excluding carboxylic acids is 2. The second-order valence-corrected chi connectivity index (χ2v) is 5.10. The number of carboxylic acids is 1. The van der Waals surface area contributed by atoms with E-state index < -0.39 is 11.4 Å². The molecule has 1 aliphatic heterocycles. The molecule has 100 valence electrons. The van der Waals surface area contributed by atoms with E-state index in [9.17, 15) is 14.4 Å². The van der Waals surface area contributed by atoms with Crippen molar-refractivity contribution in [1.82, 2.24) is 0 Å². The average molecular weight is 261 g/mol. The summed E-state index contributed by atoms with van der Waals surface area (Å²) < 4.78 is 0. The molecule has 0 bridgehead atoms. The van der Waals surface area contributed by atoms with Crippen LogP contribution in [0.3, 0.4) is 0 Å². The highest BCUT2D eigenvalue weighted by atomic mass is 16.4. The predicted octanol–water partition coefficient (Wildman–Crippen LogP) is 1.70. The zero-order valence-electron chi connectivity index (χ0n) is 10.8. The van der Waals surface area contributed by atoms with Crippen molar-refractivity contribution < 1.29 is 19.5 Å². The summed E-state index contributed by atoms with van der Waals surface area (Å²) in [6.07, 6.45) is 0.475. The van der Waals surface area contributed by atoms with Crippen LogP contribution in [-0.2, 0) is 19.8 Å². The molecule has 5 heteroatoms. The van der Waals surface area contributed by atoms with Crippen LogP contribution < -0.4 is 4.90 Å². The lowest BCUT2D eigenvalue weighted by molar-refractivity contribution is -0.142. The molecule has 1 fully saturated rings. The minimum atomic E-state index is -1.00. The minimum Gasteiger partial charge on any atom is -0.481 e. The number of benzene rings is 1. The van der Waals surface area contributed by atoms with Crippen molar-refractivity contribution in [3.8, 4) is 0 Å². The Kier molecular flexibility index (Phi) is 3.14. The van der Waals surface area contributed by atoms with E-state index in [1.165, 1.54) is 0 Å². The van der Waals surface area contributed by atoms with Crippen LogP contribution in [0, 0.1) is 0 Å². The number of anilines is 1. The Balaban J connectivity index is 2.31. The molecular weight excluding hydrogens is 246 g/mol. The average Bonchev–Trinajstić information content (AvgIpc) is 2.69. The summed E-state index contributed by atoms with van der Waals surface area (Å²) in [5.74, 6) is -1.35. The summed E-state index contributed by atoms with van der Waals surface area (Å²) >= 11 is 0. The predicted molar refractivity (Wildman–Crippen MR) is 68.8 cm³/mol. The van der Waals surface area contributed by atoms with E-state index in [1.54, 1.807) is 38.1 Å². The molecule has 1 aliphatic rings. The van der Waals surface area contributed by atoms with Gasteiger partial charge in [-0.2, -0.15) is 0 Å². The third-order valence-electron chi connectivity index (χ3n) is 3.43. The second kappa shape index (κ2) is 4.50. The molecule has 0 radical (unpaired) electrons. The first-order valence-electron chi connectivity index (χ1n) is 6.04. The summed E-state index contributed by atoms with van der Waals surface area (Å²) in [7, 11) is 0. The number of hydrogen-bond donors (Lipinski definition) is 1. The molecule has 2 rings (SSSR count). The van der Waals surface area contributed by atoms with Gasteiger partial charge in [0.05, 0.1) is 11.1 Å². The van der Waals surface area contributed by atoms with Gasteiger partial charge in [0.2, 0.25) is 11.8 Å². The van der Waals surface area contributed by atoms with Crippen molar-refractivity contribution in [3.63, 3.8) is 0 Å². The van der Waals surface area contributed by atoms with E-state index in [0.717, 1.165) is 4.90 Å². The molecule has 5 nitrogen and oxygen atoms in total. The zero-order valence-corrected chi connectivity index (χ0v) is 10.8. The molecule has 1 aromatic carbocycles. The molecule has 0 aromatic heterocycles. The van der Waals surface area contributed by atoms with Gasteiger partial charge in [-0.05, 0) is 31.5 Å². The first kappa shape index (κ1) is 13.3. The van der Waals surface area contributed by atoms with Crippen LogP contribution in [0.1, 0.15) is 32.3 Å². The maximum atomic E-state index is 11.6. The molecule has 0 saturated carbocycles. The highest BCUT2D eigenvalue weighted by Gasteiger charge is 2.32. The van der Waals surface area contributed by atoms with Gasteiger partial charge in [-0.3, -0.25) is 19.3 Å². The summed E-state index contributed by atoms with van der Waals surface area (Å²) in [6.45, 7) is 3.22. The number of carboxylic acid groups (broad SMARTS) is 1. The van der Waals surface area contributed by atoms with Gasteiger partial charge >= 0.3 is 5.97 Å². The van der Waals surface area contributed by atoms with Crippen molar-refractivity contribution in [2.24, 2.45) is 0 Å². The Labute approximate surface area is 110 Å². The van der Waals surface area contributed by atoms with E-state index in [2.05, 4.69) is 0 Å². The molecule has 0 aliphatic carbocycles. The van der Waals surface area contributed by atoms with Gasteiger partial charge in [-0.1, -0.05) is 12.1 Å². The summed E-state index contributed by atoms with van der Waals surface area (Å²) in [5.41, 5.74) is 0.123. The molecule has 1 aromatic rings. The molecule has 0 unspecified atom stereocenters. The van der Waals surface area contributed by atoms with E-state index in [4.69, 9.17) is 5.11 Å². The number of nitrogens with zero attached hydrogens (tertiary/aromatic N) is 1. The molecule has 0 spiro atoms. The van der Waals surface area contributed by atoms with E-state index in [-0.39, 0.29) is 24.7 Å². The van der Waals surface area contributed by atoms with Crippen LogP contribution in [0.25, 0.3) is 0 Å². The van der Waals surface area contributed by atoms with Gasteiger partial charge in [0, 0.05) is 12.8 Å². The lowest BCUT2D eigenvalue weighted by atomic mass is 9.85. The van der Waals surface area contributed by atoms with Crippen molar-refractivity contribution in [3.05, 3.63) is 29.8 Å². The molecule has 19 heavy (non-hydrogen) atoms. The van der Waals surface area contributed by atoms with E-state index in [1.807, 2.05) is 0 Å². The maximum Gasteiger partial charge on any atom is 0.313 e. The molecule has 1 saturated heterocycles. The van der Waals surface area contributed by atoms with Crippen LogP contribution in [0.15, 0.2) is 24.3 Å². The third kappa shape index (κ3) is 2.23. The van der Waals surface area contributed by atoms with Gasteiger partial charge in [0.15, 0.2) is 0 Å². The summed E-state index contributed by atoms with van der Waals surface area (Å²) in [6, 6.07) is 6.51. The van der Waals surface area contributed by atoms with Gasteiger partial charge < -0.3 is 5.11 Å². The molecule has 1 heterocycles. The van der Waals surface area contributed by atoms with Gasteiger partial charge in [0.25, 0.3) is 0 Å². The smallest absolute Gasteiger partial charge is 0.313 e. The highest BCUT2D eigenvalue weighted by Crippen LogP contribution is 2.28. The number of rotatable bonds is 3. The van der Waals surface area contributed by atoms with Crippen molar-refractivity contribution in [2.45, 2.75) is 32.1 Å². The fourth-order valence-corrected chi connectivity index (χ4v) is 2.02. The number of carbonyl (C=O) groups is 3. The van der Waals surface area contributed by atoms with Crippen LogP contribution >= 0.6 is 0 Å². The molecule has 1 N–H and O–H groups in total. The van der Waals surface area contributed by atoms with Crippen LogP contribution in [0.4, 0.5) is 5.69 Å². The second-order valence-electron chi connectivity index (χ2n) is 5.10. The Morgan fingerprint density at radius 3 is 2.00 bits per heavy atom. The standard InChI is InChI=1S/C14H15NO4/c1-14(2,13(18)19)9-3-5-10(6-4-9)15-11(16)7-8-12(15)17/h3-6H,7-8H2,1-2H3,(H,18,19). The van der Waals surface area contributed by atoms with Gasteiger partial charge in [-0.25, -0.2) is 0 Å². The van der Waals surface area contributed by atoms with Crippen LogP contribution in [0.2, 0.25) is 0 Å². The normalized spacial score (nSPS) is 16.0. The Morgan fingerprint density at radius 2 is 1.58 bits per heavy atom. The summed E-state index contributed by atoms with van der Waals surface area (Å²) in [4.78, 5) is 35.5. The largest absolute Gasteiger partial charge is 0.481 e. The minimum absolute atomic E-state index is 0.213. The van der Waals surface area contributed by atoms with Gasteiger partial charge in [0.1, 0.15) is 0 Å². The first-order chi connectivity index (χ1) is 8.84. The lowest BCUT2D eigenvalue weighted by Crippen LogP contribution is -2.30. The number of imide groups is 1. The number of hydrogen-bond acceptors (Lipinski definition) is 3. The van der Waals surface area contributed by atoms with E-state index in [0.29, 0.717) is 11.3 Å². The SMILES string of the molecule is CC(C)(C(=O)O)c1ccc(N2C(=O)CCC2=O)cc1. The third-order valence-corrected chi connectivity index (χ3v) is 3.43. The molecule has 2 amide bonds. The van der Waals surface area contributed by atoms with Gasteiger partial charge in [-0.15, -0.1) is 0 Å². The van der Waals surface area contributed by atoms with Crippen LogP contribution in [-0.4, -0.2) is 22.9 Å². The van der Waals surface area contributed by atoms with Crippen molar-refractivity contribution in [1.29, 1.82) is 0 Å². The topological polar surface area (TPSA) is 74.7 Å². The quantitative estimate of drug-likeness (QED) is 0.840. The number of aliphatic carboxylic acids is 1. The fourth-order valence-electron chi connectivity index (χ4n) is 2.02. The fraction of sp³-hybridized carbons (Fsp3) is 0.357. The molecule has 0 atom stereocenters. The highest BCUT2D eigenvalue weighted by molar-refractivity contribution is 6.19. The maximum absolute atomic E-state index is 11.6. The molecular formula is C14H15NO4. The lowest BCUT2D eigenvalue weighted by Gasteiger charge is -2.21. The first-order valence-corrected chi connectivity index (χ1v) is 6.04. The Hall–Kier alpha value is -2.17.